The van der Waals surface area contributed by atoms with Gasteiger partial charge in [-0.2, -0.15) is 4.98 Å². The summed E-state index contributed by atoms with van der Waals surface area (Å²) in [5.74, 6) is 2.08. The Balaban J connectivity index is 1.58. The van der Waals surface area contributed by atoms with E-state index in [0.29, 0.717) is 24.5 Å². The molecule has 0 amide bonds. The van der Waals surface area contributed by atoms with Crippen molar-refractivity contribution in [2.75, 3.05) is 6.61 Å². The third-order valence-electron chi connectivity index (χ3n) is 4.06. The molecule has 1 saturated heterocycles. The number of hydrogen-bond donors (Lipinski definition) is 0. The molecule has 3 rings (SSSR count). The maximum Gasteiger partial charge on any atom is 0.229 e. The number of aromatic nitrogens is 2. The molecule has 104 valence electrons. The highest BCUT2D eigenvalue weighted by Gasteiger charge is 2.25. The van der Waals surface area contributed by atoms with E-state index < -0.39 is 0 Å². The summed E-state index contributed by atoms with van der Waals surface area (Å²) in [6.45, 7) is 0.847. The summed E-state index contributed by atoms with van der Waals surface area (Å²) in [7, 11) is 0. The Labute approximate surface area is 112 Å². The van der Waals surface area contributed by atoms with Crippen molar-refractivity contribution in [1.29, 1.82) is 0 Å². The minimum absolute atomic E-state index is 0.243. The summed E-state index contributed by atoms with van der Waals surface area (Å²) in [5, 5.41) is 4.05. The molecule has 1 aromatic rings. The third-order valence-corrected chi connectivity index (χ3v) is 4.06. The van der Waals surface area contributed by atoms with Crippen LogP contribution in [0.4, 0.5) is 0 Å². The van der Waals surface area contributed by atoms with Crippen LogP contribution in [-0.2, 0) is 16.0 Å². The van der Waals surface area contributed by atoms with Crippen LogP contribution in [-0.4, -0.2) is 28.6 Å². The first kappa shape index (κ1) is 12.8. The second-order valence-electron chi connectivity index (χ2n) is 5.55. The molecule has 0 bridgehead atoms. The van der Waals surface area contributed by atoms with Crippen molar-refractivity contribution in [1.82, 2.24) is 10.1 Å². The number of carbonyl (C=O) groups excluding carboxylic acids is 1. The number of ether oxygens (including phenoxy) is 1. The molecule has 2 fully saturated rings. The quantitative estimate of drug-likeness (QED) is 0.838. The fourth-order valence-electron chi connectivity index (χ4n) is 2.87. The standard InChI is InChI=1S/C14H20N2O3/c17-11-6-4-10(5-7-11)14-15-13(16-19-14)9-12-3-1-2-8-18-12/h10,12H,1-9H2. The van der Waals surface area contributed by atoms with Gasteiger partial charge < -0.3 is 9.26 Å². The highest BCUT2D eigenvalue weighted by atomic mass is 16.5. The lowest BCUT2D eigenvalue weighted by Crippen LogP contribution is -2.21. The maximum atomic E-state index is 11.2. The first-order valence-corrected chi connectivity index (χ1v) is 7.27. The summed E-state index contributed by atoms with van der Waals surface area (Å²) in [4.78, 5) is 15.7. The van der Waals surface area contributed by atoms with Crippen LogP contribution in [0.3, 0.4) is 0 Å². The van der Waals surface area contributed by atoms with E-state index >= 15 is 0 Å². The van der Waals surface area contributed by atoms with Crippen molar-refractivity contribution < 1.29 is 14.1 Å². The predicted molar refractivity (Wildman–Crippen MR) is 67.8 cm³/mol. The number of ketones is 1. The van der Waals surface area contributed by atoms with Crippen LogP contribution in [0.5, 0.6) is 0 Å². The first-order chi connectivity index (χ1) is 9.31. The lowest BCUT2D eigenvalue weighted by Gasteiger charge is -2.20. The summed E-state index contributed by atoms with van der Waals surface area (Å²) in [6, 6.07) is 0. The van der Waals surface area contributed by atoms with E-state index in [2.05, 4.69) is 10.1 Å². The van der Waals surface area contributed by atoms with Crippen LogP contribution in [0.15, 0.2) is 4.52 Å². The van der Waals surface area contributed by atoms with Gasteiger partial charge in [0.1, 0.15) is 5.78 Å². The molecule has 5 heteroatoms. The van der Waals surface area contributed by atoms with Crippen LogP contribution >= 0.6 is 0 Å². The van der Waals surface area contributed by atoms with E-state index in [1.807, 2.05) is 0 Å². The van der Waals surface area contributed by atoms with Crippen molar-refractivity contribution in [3.05, 3.63) is 11.7 Å². The van der Waals surface area contributed by atoms with E-state index in [1.54, 1.807) is 0 Å². The average molecular weight is 264 g/mol. The predicted octanol–water partition coefficient (Wildman–Crippen LogP) is 2.41. The number of Topliss-reactive ketones (excluding diaryl/α,β-unsaturated/α-hetero) is 1. The van der Waals surface area contributed by atoms with Crippen molar-refractivity contribution in [2.24, 2.45) is 0 Å². The van der Waals surface area contributed by atoms with E-state index in [9.17, 15) is 4.79 Å². The lowest BCUT2D eigenvalue weighted by atomic mass is 9.88. The van der Waals surface area contributed by atoms with Crippen LogP contribution in [0.2, 0.25) is 0 Å². The molecule has 2 aliphatic rings. The zero-order valence-corrected chi connectivity index (χ0v) is 11.1. The number of nitrogens with zero attached hydrogens (tertiary/aromatic N) is 2. The number of hydrogen-bond acceptors (Lipinski definition) is 5. The largest absolute Gasteiger partial charge is 0.378 e. The first-order valence-electron chi connectivity index (χ1n) is 7.27. The number of carbonyl (C=O) groups is 1. The van der Waals surface area contributed by atoms with E-state index in [0.717, 1.165) is 44.5 Å². The van der Waals surface area contributed by atoms with Gasteiger partial charge in [-0.25, -0.2) is 0 Å². The van der Waals surface area contributed by atoms with Crippen molar-refractivity contribution in [3.63, 3.8) is 0 Å². The lowest BCUT2D eigenvalue weighted by molar-refractivity contribution is -0.120. The molecule has 1 saturated carbocycles. The maximum absolute atomic E-state index is 11.2. The van der Waals surface area contributed by atoms with E-state index in [4.69, 9.17) is 9.26 Å². The Bertz CT molecular complexity index is 428. The monoisotopic (exact) mass is 264 g/mol. The molecule has 5 nitrogen and oxygen atoms in total. The topological polar surface area (TPSA) is 65.2 Å². The zero-order valence-electron chi connectivity index (χ0n) is 11.1. The Morgan fingerprint density at radius 3 is 2.74 bits per heavy atom. The van der Waals surface area contributed by atoms with Gasteiger partial charge in [-0.05, 0) is 32.1 Å². The molecule has 19 heavy (non-hydrogen) atoms. The zero-order chi connectivity index (χ0) is 13.1. The summed E-state index contributed by atoms with van der Waals surface area (Å²) in [6.07, 6.45) is 7.44. The summed E-state index contributed by atoms with van der Waals surface area (Å²) in [5.41, 5.74) is 0. The van der Waals surface area contributed by atoms with Gasteiger partial charge >= 0.3 is 0 Å². The Hall–Kier alpha value is -1.23. The van der Waals surface area contributed by atoms with Crippen LogP contribution in [0.1, 0.15) is 62.6 Å². The molecule has 0 N–H and O–H groups in total. The van der Waals surface area contributed by atoms with E-state index in [1.165, 1.54) is 6.42 Å². The van der Waals surface area contributed by atoms with Gasteiger partial charge in [0.15, 0.2) is 5.82 Å². The van der Waals surface area contributed by atoms with Crippen molar-refractivity contribution >= 4 is 5.78 Å². The summed E-state index contributed by atoms with van der Waals surface area (Å²) < 4.78 is 11.0. The molecular formula is C14H20N2O3. The third kappa shape index (κ3) is 3.21. The Morgan fingerprint density at radius 1 is 1.16 bits per heavy atom. The summed E-state index contributed by atoms with van der Waals surface area (Å²) >= 11 is 0. The molecular weight excluding hydrogens is 244 g/mol. The molecule has 1 unspecified atom stereocenters. The van der Waals surface area contributed by atoms with E-state index in [-0.39, 0.29) is 12.0 Å². The molecule has 2 heterocycles. The SMILES string of the molecule is O=C1CCC(c2nc(CC3CCCCO3)no2)CC1. The fourth-order valence-corrected chi connectivity index (χ4v) is 2.87. The van der Waals surface area contributed by atoms with Crippen molar-refractivity contribution in [2.45, 2.75) is 63.4 Å². The Kier molecular flexibility index (Phi) is 3.92. The Morgan fingerprint density at radius 2 is 2.00 bits per heavy atom. The van der Waals surface area contributed by atoms with Crippen LogP contribution in [0, 0.1) is 0 Å². The minimum atomic E-state index is 0.243. The molecule has 0 radical (unpaired) electrons. The normalized spacial score (nSPS) is 25.7. The highest BCUT2D eigenvalue weighted by molar-refractivity contribution is 5.79. The smallest absolute Gasteiger partial charge is 0.229 e. The molecule has 1 aromatic heterocycles. The van der Waals surface area contributed by atoms with Gasteiger partial charge in [0, 0.05) is 31.8 Å². The van der Waals surface area contributed by atoms with Crippen LogP contribution < -0.4 is 0 Å². The molecule has 1 atom stereocenters. The van der Waals surface area contributed by atoms with Crippen LogP contribution in [0.25, 0.3) is 0 Å². The van der Waals surface area contributed by atoms with Gasteiger partial charge in [0.05, 0.1) is 6.10 Å². The van der Waals surface area contributed by atoms with Gasteiger partial charge in [-0.1, -0.05) is 5.16 Å². The van der Waals surface area contributed by atoms with Gasteiger partial charge in [-0.3, -0.25) is 4.79 Å². The fraction of sp³-hybridized carbons (Fsp3) is 0.786. The van der Waals surface area contributed by atoms with Gasteiger partial charge in [-0.15, -0.1) is 0 Å². The highest BCUT2D eigenvalue weighted by Crippen LogP contribution is 2.30. The average Bonchev–Trinajstić information content (AvgIpc) is 2.89. The molecule has 1 aliphatic carbocycles. The van der Waals surface area contributed by atoms with Gasteiger partial charge in [0.25, 0.3) is 0 Å². The minimum Gasteiger partial charge on any atom is -0.378 e. The molecule has 0 aromatic carbocycles. The second-order valence-corrected chi connectivity index (χ2v) is 5.55. The second kappa shape index (κ2) is 5.82. The van der Waals surface area contributed by atoms with Crippen molar-refractivity contribution in [3.8, 4) is 0 Å². The molecule has 1 aliphatic heterocycles. The van der Waals surface area contributed by atoms with Gasteiger partial charge in [0.2, 0.25) is 5.89 Å². The number of rotatable bonds is 3. The molecule has 0 spiro atoms.